The van der Waals surface area contributed by atoms with Crippen LogP contribution in [0.4, 0.5) is 9.59 Å². The number of hydrogen-bond acceptors (Lipinski definition) is 8. The summed E-state index contributed by atoms with van der Waals surface area (Å²) >= 11 is 0. The first-order valence-corrected chi connectivity index (χ1v) is 20.7. The van der Waals surface area contributed by atoms with E-state index < -0.39 is 23.4 Å². The van der Waals surface area contributed by atoms with E-state index in [9.17, 15) is 19.2 Å². The molecule has 0 N–H and O–H groups in total. The molecule has 2 heterocycles. The Morgan fingerprint density at radius 2 is 1.03 bits per heavy atom. The molecule has 2 saturated heterocycles. The summed E-state index contributed by atoms with van der Waals surface area (Å²) < 4.78 is 11.1. The van der Waals surface area contributed by atoms with Crippen molar-refractivity contribution in [1.82, 2.24) is 19.6 Å². The highest BCUT2D eigenvalue weighted by molar-refractivity contribution is 6.05. The van der Waals surface area contributed by atoms with Crippen LogP contribution in [-0.2, 0) is 31.9 Å². The summed E-state index contributed by atoms with van der Waals surface area (Å²) in [6.07, 6.45) is 3.04. The number of rotatable bonds is 9. The van der Waals surface area contributed by atoms with Gasteiger partial charge in [-0.1, -0.05) is 109 Å². The summed E-state index contributed by atoms with van der Waals surface area (Å²) in [6.45, 7) is 11.5. The average molecular weight is 815 g/mol. The van der Waals surface area contributed by atoms with Crippen molar-refractivity contribution in [3.8, 4) is 22.3 Å². The molecule has 0 bridgehead atoms. The summed E-state index contributed by atoms with van der Waals surface area (Å²) in [4.78, 5) is 58.0. The molecule has 4 amide bonds. The van der Waals surface area contributed by atoms with E-state index in [0.717, 1.165) is 27.8 Å². The van der Waals surface area contributed by atoms with Crippen molar-refractivity contribution in [3.05, 3.63) is 132 Å². The lowest BCUT2D eigenvalue weighted by Crippen LogP contribution is -2.44. The number of likely N-dealkylation sites (tertiary alicyclic amines) is 2. The summed E-state index contributed by atoms with van der Waals surface area (Å²) in [7, 11) is 7.63. The Balaban J connectivity index is 0.000000228. The average Bonchev–Trinajstić information content (AvgIpc) is 3.64. The molecule has 0 spiro atoms. The molecule has 60 heavy (non-hydrogen) atoms. The molecule has 318 valence electrons. The third kappa shape index (κ3) is 12.6. The lowest BCUT2D eigenvalue weighted by Gasteiger charge is -2.27. The zero-order valence-corrected chi connectivity index (χ0v) is 37.0. The van der Waals surface area contributed by atoms with Gasteiger partial charge in [0.1, 0.15) is 11.2 Å². The van der Waals surface area contributed by atoms with Crippen LogP contribution in [0.5, 0.6) is 0 Å². The van der Waals surface area contributed by atoms with Gasteiger partial charge in [0.15, 0.2) is 0 Å². The van der Waals surface area contributed by atoms with Crippen molar-refractivity contribution in [1.29, 1.82) is 0 Å². The van der Waals surface area contributed by atoms with Crippen molar-refractivity contribution in [2.24, 2.45) is 5.92 Å². The van der Waals surface area contributed by atoms with E-state index >= 15 is 0 Å². The van der Waals surface area contributed by atoms with E-state index in [1.165, 1.54) is 15.4 Å². The van der Waals surface area contributed by atoms with Gasteiger partial charge in [-0.05, 0) is 108 Å². The van der Waals surface area contributed by atoms with Crippen molar-refractivity contribution in [2.75, 3.05) is 34.7 Å². The second-order valence-corrected chi connectivity index (χ2v) is 18.2. The zero-order valence-electron chi connectivity index (χ0n) is 37.0. The van der Waals surface area contributed by atoms with Gasteiger partial charge in [0.25, 0.3) is 5.91 Å². The quantitative estimate of drug-likeness (QED) is 0.154. The molecular weight excluding hydrogens is 753 g/mol. The van der Waals surface area contributed by atoms with Gasteiger partial charge in [-0.3, -0.25) is 9.59 Å². The largest absolute Gasteiger partial charge is 0.443 e. The molecule has 2 aliphatic rings. The molecule has 0 saturated carbocycles. The number of hydrogen-bond donors (Lipinski definition) is 0. The standard InChI is InChI=1S/C25H32N2O3.C25H30N2O3/c2*1-25(2,3)30-24(29)27-22(16-21(23(27)28)17-26(4)5)15-18-11-13-20(14-12-18)19-9-7-6-8-10-19/h6-14,21-22H,15-17H2,1-5H3;6-14,17,22H,15-16H2,1-5H3/t21?,22-;22-/m11/s1. The van der Waals surface area contributed by atoms with Crippen LogP contribution in [0, 0.1) is 5.92 Å². The summed E-state index contributed by atoms with van der Waals surface area (Å²) in [6, 6.07) is 36.6. The maximum absolute atomic E-state index is 13.0. The van der Waals surface area contributed by atoms with Gasteiger partial charge in [-0.2, -0.15) is 0 Å². The zero-order chi connectivity index (χ0) is 43.8. The number of imide groups is 2. The van der Waals surface area contributed by atoms with Crippen LogP contribution in [0.2, 0.25) is 0 Å². The van der Waals surface area contributed by atoms with Gasteiger partial charge in [-0.15, -0.1) is 0 Å². The second-order valence-electron chi connectivity index (χ2n) is 18.2. The predicted octanol–water partition coefficient (Wildman–Crippen LogP) is 9.49. The summed E-state index contributed by atoms with van der Waals surface area (Å²) in [5, 5.41) is 0. The summed E-state index contributed by atoms with van der Waals surface area (Å²) in [5.41, 5.74) is 6.12. The minimum atomic E-state index is -0.659. The van der Waals surface area contributed by atoms with E-state index in [1.807, 2.05) is 95.2 Å². The van der Waals surface area contributed by atoms with Crippen LogP contribution in [0.25, 0.3) is 22.3 Å². The van der Waals surface area contributed by atoms with Crippen LogP contribution < -0.4 is 0 Å². The van der Waals surface area contributed by atoms with E-state index in [4.69, 9.17) is 9.47 Å². The number of carbonyl (C=O) groups excluding carboxylic acids is 4. The van der Waals surface area contributed by atoms with Crippen molar-refractivity contribution in [3.63, 3.8) is 0 Å². The van der Waals surface area contributed by atoms with E-state index in [1.54, 1.807) is 27.0 Å². The van der Waals surface area contributed by atoms with Crippen LogP contribution in [0.15, 0.2) is 121 Å². The van der Waals surface area contributed by atoms with Crippen LogP contribution in [0.3, 0.4) is 0 Å². The first-order chi connectivity index (χ1) is 28.3. The molecular formula is C50H62N4O6. The minimum absolute atomic E-state index is 0.135. The Kier molecular flexibility index (Phi) is 14.8. The van der Waals surface area contributed by atoms with E-state index in [2.05, 4.69) is 72.8 Å². The van der Waals surface area contributed by atoms with Gasteiger partial charge >= 0.3 is 12.2 Å². The fourth-order valence-corrected chi connectivity index (χ4v) is 7.58. The van der Waals surface area contributed by atoms with E-state index in [0.29, 0.717) is 37.8 Å². The topological polar surface area (TPSA) is 99.7 Å². The Bertz CT molecular complexity index is 2100. The first kappa shape index (κ1) is 45.3. The molecule has 4 aromatic rings. The lowest BCUT2D eigenvalue weighted by molar-refractivity contribution is -0.131. The Hall–Kier alpha value is -5.74. The minimum Gasteiger partial charge on any atom is -0.443 e. The molecule has 3 atom stereocenters. The van der Waals surface area contributed by atoms with Gasteiger partial charge in [0, 0.05) is 44.9 Å². The third-order valence-corrected chi connectivity index (χ3v) is 10.1. The number of carbonyl (C=O) groups is 4. The fourth-order valence-electron chi connectivity index (χ4n) is 7.58. The smallest absolute Gasteiger partial charge is 0.417 e. The summed E-state index contributed by atoms with van der Waals surface area (Å²) in [5.74, 6) is -0.603. The van der Waals surface area contributed by atoms with Gasteiger partial charge in [-0.25, -0.2) is 19.4 Å². The molecule has 10 heteroatoms. The lowest BCUT2D eigenvalue weighted by atomic mass is 9.97. The monoisotopic (exact) mass is 814 g/mol. The normalized spacial score (nSPS) is 18.7. The van der Waals surface area contributed by atoms with Crippen molar-refractivity contribution < 1.29 is 28.7 Å². The maximum atomic E-state index is 13.0. The molecule has 2 aliphatic heterocycles. The molecule has 4 aromatic carbocycles. The number of amides is 4. The fraction of sp³-hybridized carbons (Fsp3) is 0.400. The highest BCUT2D eigenvalue weighted by Crippen LogP contribution is 2.32. The predicted molar refractivity (Wildman–Crippen MR) is 238 cm³/mol. The Labute approximate surface area is 356 Å². The molecule has 1 unspecified atom stereocenters. The first-order valence-electron chi connectivity index (χ1n) is 20.7. The SMILES string of the molecule is CN(C)C=C1C[C@@H](Cc2ccc(-c3ccccc3)cc2)N(C(=O)OC(C)(C)C)C1=O.CN(C)CC1C[C@@H](Cc2ccc(-c3ccccc3)cc2)N(C(=O)OC(C)(C)C)C1=O. The van der Waals surface area contributed by atoms with Crippen LogP contribution >= 0.6 is 0 Å². The van der Waals surface area contributed by atoms with E-state index in [-0.39, 0.29) is 29.8 Å². The molecule has 2 fully saturated rings. The molecule has 0 aromatic heterocycles. The second kappa shape index (κ2) is 19.5. The molecule has 0 radical (unpaired) electrons. The number of benzene rings is 4. The number of nitrogens with zero attached hydrogens (tertiary/aromatic N) is 4. The molecule has 6 rings (SSSR count). The van der Waals surface area contributed by atoms with Crippen molar-refractivity contribution in [2.45, 2.75) is 90.5 Å². The third-order valence-electron chi connectivity index (χ3n) is 10.1. The van der Waals surface area contributed by atoms with Gasteiger partial charge in [0.2, 0.25) is 5.91 Å². The van der Waals surface area contributed by atoms with Crippen molar-refractivity contribution >= 4 is 24.0 Å². The molecule has 10 nitrogen and oxygen atoms in total. The maximum Gasteiger partial charge on any atom is 0.417 e. The van der Waals surface area contributed by atoms with Crippen LogP contribution in [0.1, 0.15) is 65.5 Å². The van der Waals surface area contributed by atoms with Gasteiger partial charge in [0.05, 0.1) is 12.0 Å². The molecule has 0 aliphatic carbocycles. The highest BCUT2D eigenvalue weighted by Gasteiger charge is 2.45. The Morgan fingerprint density at radius 1 is 0.617 bits per heavy atom. The van der Waals surface area contributed by atoms with Gasteiger partial charge < -0.3 is 19.3 Å². The Morgan fingerprint density at radius 3 is 1.45 bits per heavy atom. The number of ether oxygens (including phenoxy) is 2. The van der Waals surface area contributed by atoms with Crippen LogP contribution in [-0.4, -0.2) is 102 Å². The highest BCUT2D eigenvalue weighted by atomic mass is 16.6.